The Labute approximate surface area is 196 Å². The van der Waals surface area contributed by atoms with Crippen LogP contribution in [-0.2, 0) is 29.2 Å². The molecule has 32 heavy (non-hydrogen) atoms. The summed E-state index contributed by atoms with van der Waals surface area (Å²) in [7, 11) is 1.58. The number of methoxy groups -OCH3 is 1. The second kappa shape index (κ2) is 10.5. The van der Waals surface area contributed by atoms with Gasteiger partial charge in [-0.15, -0.1) is 11.3 Å². The van der Waals surface area contributed by atoms with Gasteiger partial charge in [0.2, 0.25) is 0 Å². The Kier molecular flexibility index (Phi) is 7.29. The van der Waals surface area contributed by atoms with Gasteiger partial charge in [-0.3, -0.25) is 4.79 Å². The van der Waals surface area contributed by atoms with E-state index < -0.39 is 0 Å². The van der Waals surface area contributed by atoms with Gasteiger partial charge in [-0.25, -0.2) is 0 Å². The standard InChI is InChI=1S/C24H23ClN2O4S/c1-29-22-12-18(4-7-21(22)30-15-17-2-5-20(25)6-3-17)13-26-31-16-24(28)27-10-8-23-19(14-27)9-11-32-23/h2-7,9,11-13H,8,10,14-16H2,1H3/b26-13+. The highest BCUT2D eigenvalue weighted by Crippen LogP contribution is 2.28. The van der Waals surface area contributed by atoms with Crippen molar-refractivity contribution in [2.75, 3.05) is 20.3 Å². The number of nitrogens with zero attached hydrogens (tertiary/aromatic N) is 2. The van der Waals surface area contributed by atoms with Crippen molar-refractivity contribution in [2.45, 2.75) is 19.6 Å². The zero-order chi connectivity index (χ0) is 22.3. The molecule has 4 rings (SSSR count). The number of amides is 1. The third kappa shape index (κ3) is 5.60. The van der Waals surface area contributed by atoms with E-state index in [0.29, 0.717) is 36.2 Å². The zero-order valence-electron chi connectivity index (χ0n) is 17.6. The molecule has 1 aliphatic rings. The molecule has 3 aromatic rings. The lowest BCUT2D eigenvalue weighted by atomic mass is 10.1. The van der Waals surface area contributed by atoms with Gasteiger partial charge in [0, 0.05) is 28.6 Å². The first-order valence-electron chi connectivity index (χ1n) is 10.2. The Hall–Kier alpha value is -3.03. The van der Waals surface area contributed by atoms with Crippen molar-refractivity contribution in [1.29, 1.82) is 0 Å². The fourth-order valence-electron chi connectivity index (χ4n) is 3.37. The predicted octanol–water partition coefficient (Wildman–Crippen LogP) is 4.92. The molecule has 2 aromatic carbocycles. The minimum absolute atomic E-state index is 0.0671. The van der Waals surface area contributed by atoms with Crippen LogP contribution < -0.4 is 9.47 Å². The van der Waals surface area contributed by atoms with E-state index in [1.54, 1.807) is 35.6 Å². The van der Waals surface area contributed by atoms with E-state index in [-0.39, 0.29) is 12.5 Å². The molecular weight excluding hydrogens is 448 g/mol. The van der Waals surface area contributed by atoms with E-state index in [1.807, 2.05) is 36.4 Å². The molecule has 0 atom stereocenters. The van der Waals surface area contributed by atoms with Gasteiger partial charge < -0.3 is 19.2 Å². The van der Waals surface area contributed by atoms with E-state index in [9.17, 15) is 4.79 Å². The normalized spacial score (nSPS) is 13.1. The van der Waals surface area contributed by atoms with Gasteiger partial charge in [0.05, 0.1) is 13.3 Å². The van der Waals surface area contributed by atoms with Crippen LogP contribution in [0.5, 0.6) is 11.5 Å². The van der Waals surface area contributed by atoms with Crippen LogP contribution >= 0.6 is 22.9 Å². The van der Waals surface area contributed by atoms with Crippen molar-refractivity contribution in [3.8, 4) is 11.5 Å². The number of oxime groups is 1. The Bertz CT molecular complexity index is 1100. The molecule has 2 heterocycles. The van der Waals surface area contributed by atoms with Crippen molar-refractivity contribution >= 4 is 35.1 Å². The average molecular weight is 471 g/mol. The van der Waals surface area contributed by atoms with Crippen molar-refractivity contribution < 1.29 is 19.1 Å². The molecule has 1 amide bonds. The number of carbonyl (C=O) groups excluding carboxylic acids is 1. The van der Waals surface area contributed by atoms with E-state index in [0.717, 1.165) is 17.5 Å². The van der Waals surface area contributed by atoms with Crippen molar-refractivity contribution in [3.63, 3.8) is 0 Å². The van der Waals surface area contributed by atoms with E-state index in [4.69, 9.17) is 25.9 Å². The summed E-state index contributed by atoms with van der Waals surface area (Å²) >= 11 is 7.66. The molecule has 1 aromatic heterocycles. The van der Waals surface area contributed by atoms with Crippen molar-refractivity contribution in [3.05, 3.63) is 80.5 Å². The SMILES string of the molecule is COc1cc(/C=N/OCC(=O)N2CCc3sccc3C2)ccc1OCc1ccc(Cl)cc1. The van der Waals surface area contributed by atoms with Gasteiger partial charge in [0.25, 0.3) is 5.91 Å². The minimum atomic E-state index is -0.0879. The molecule has 8 heteroatoms. The predicted molar refractivity (Wildman–Crippen MR) is 126 cm³/mol. The highest BCUT2D eigenvalue weighted by molar-refractivity contribution is 7.10. The third-order valence-corrected chi connectivity index (χ3v) is 6.39. The Morgan fingerprint density at radius 3 is 2.84 bits per heavy atom. The molecule has 6 nitrogen and oxygen atoms in total. The lowest BCUT2D eigenvalue weighted by Crippen LogP contribution is -2.37. The van der Waals surface area contributed by atoms with Crippen LogP contribution in [0.4, 0.5) is 0 Å². The van der Waals surface area contributed by atoms with Gasteiger partial charge in [-0.1, -0.05) is 28.9 Å². The molecule has 0 spiro atoms. The summed E-state index contributed by atoms with van der Waals surface area (Å²) in [4.78, 5) is 20.8. The molecule has 0 radical (unpaired) electrons. The molecule has 0 saturated heterocycles. The van der Waals surface area contributed by atoms with Crippen LogP contribution in [0.2, 0.25) is 5.02 Å². The maximum atomic E-state index is 12.4. The fourth-order valence-corrected chi connectivity index (χ4v) is 4.38. The number of thiophene rings is 1. The second-order valence-electron chi connectivity index (χ2n) is 7.27. The summed E-state index contributed by atoms with van der Waals surface area (Å²) in [5, 5.41) is 6.70. The van der Waals surface area contributed by atoms with Crippen molar-refractivity contribution in [2.24, 2.45) is 5.16 Å². The maximum absolute atomic E-state index is 12.4. The Morgan fingerprint density at radius 1 is 1.19 bits per heavy atom. The van der Waals surface area contributed by atoms with Crippen LogP contribution in [0.3, 0.4) is 0 Å². The monoisotopic (exact) mass is 470 g/mol. The second-order valence-corrected chi connectivity index (χ2v) is 8.70. The van der Waals surface area contributed by atoms with Gasteiger partial charge in [-0.2, -0.15) is 0 Å². The number of hydrogen-bond acceptors (Lipinski definition) is 6. The lowest BCUT2D eigenvalue weighted by molar-refractivity contribution is -0.137. The van der Waals surface area contributed by atoms with Crippen molar-refractivity contribution in [1.82, 2.24) is 4.90 Å². The van der Waals surface area contributed by atoms with Crippen LogP contribution in [0.1, 0.15) is 21.6 Å². The molecule has 0 unspecified atom stereocenters. The quantitative estimate of drug-likeness (QED) is 0.346. The molecular formula is C24H23ClN2O4S. The maximum Gasteiger partial charge on any atom is 0.263 e. The van der Waals surface area contributed by atoms with Gasteiger partial charge in [0.1, 0.15) is 6.61 Å². The highest BCUT2D eigenvalue weighted by Gasteiger charge is 2.21. The Morgan fingerprint density at radius 2 is 2.03 bits per heavy atom. The van der Waals surface area contributed by atoms with Crippen LogP contribution in [0, 0.1) is 0 Å². The molecule has 0 saturated carbocycles. The summed E-state index contributed by atoms with van der Waals surface area (Å²) in [6.45, 7) is 1.67. The highest BCUT2D eigenvalue weighted by atomic mass is 35.5. The lowest BCUT2D eigenvalue weighted by Gasteiger charge is -2.26. The minimum Gasteiger partial charge on any atom is -0.493 e. The smallest absolute Gasteiger partial charge is 0.263 e. The first-order valence-corrected chi connectivity index (χ1v) is 11.4. The number of hydrogen-bond donors (Lipinski definition) is 0. The first-order chi connectivity index (χ1) is 15.6. The topological polar surface area (TPSA) is 60.4 Å². The number of rotatable bonds is 8. The fraction of sp³-hybridized carbons (Fsp3) is 0.250. The molecule has 0 fully saturated rings. The van der Waals surface area contributed by atoms with Gasteiger partial charge in [-0.05, 0) is 59.3 Å². The Balaban J connectivity index is 1.28. The number of benzene rings is 2. The number of ether oxygens (including phenoxy) is 2. The summed E-state index contributed by atoms with van der Waals surface area (Å²) in [6, 6.07) is 15.0. The van der Waals surface area contributed by atoms with E-state index in [2.05, 4.69) is 16.6 Å². The third-order valence-electron chi connectivity index (χ3n) is 5.12. The van der Waals surface area contributed by atoms with Crippen LogP contribution in [-0.4, -0.2) is 37.3 Å². The number of fused-ring (bicyclic) bond motifs is 1. The molecule has 0 bridgehead atoms. The molecule has 0 N–H and O–H groups in total. The largest absolute Gasteiger partial charge is 0.493 e. The van der Waals surface area contributed by atoms with Crippen LogP contribution in [0.15, 0.2) is 59.1 Å². The summed E-state index contributed by atoms with van der Waals surface area (Å²) in [5.41, 5.74) is 3.00. The average Bonchev–Trinajstić information content (AvgIpc) is 3.29. The van der Waals surface area contributed by atoms with Gasteiger partial charge in [0.15, 0.2) is 18.1 Å². The summed E-state index contributed by atoms with van der Waals surface area (Å²) < 4.78 is 11.3. The summed E-state index contributed by atoms with van der Waals surface area (Å²) in [5.74, 6) is 1.13. The first kappa shape index (κ1) is 22.2. The summed E-state index contributed by atoms with van der Waals surface area (Å²) in [6.07, 6.45) is 2.44. The zero-order valence-corrected chi connectivity index (χ0v) is 19.2. The van der Waals surface area contributed by atoms with E-state index in [1.165, 1.54) is 10.4 Å². The molecule has 0 aliphatic carbocycles. The molecule has 166 valence electrons. The van der Waals surface area contributed by atoms with Gasteiger partial charge >= 0.3 is 0 Å². The van der Waals surface area contributed by atoms with E-state index >= 15 is 0 Å². The number of carbonyl (C=O) groups is 1. The molecule has 1 aliphatic heterocycles. The van der Waals surface area contributed by atoms with Crippen LogP contribution in [0.25, 0.3) is 0 Å². The number of halogens is 1.